The minimum atomic E-state index is -1.26. The number of hydrogen-bond acceptors (Lipinski definition) is 8. The number of halogens is 1. The molecule has 1 aliphatic heterocycles. The summed E-state index contributed by atoms with van der Waals surface area (Å²) in [5.74, 6) is -0.266. The zero-order valence-corrected chi connectivity index (χ0v) is 23.9. The van der Waals surface area contributed by atoms with Crippen LogP contribution in [0.15, 0.2) is 12.3 Å². The molecule has 214 valence electrons. The third-order valence-corrected chi connectivity index (χ3v) is 7.00. The molecule has 1 fully saturated rings. The minimum absolute atomic E-state index is 0. The van der Waals surface area contributed by atoms with Gasteiger partial charge in [-0.25, -0.2) is 4.98 Å². The number of aliphatic hydroxyl groups excluding tert-OH is 2. The van der Waals surface area contributed by atoms with Crippen molar-refractivity contribution in [2.75, 3.05) is 12.3 Å². The molecule has 0 saturated carbocycles. The summed E-state index contributed by atoms with van der Waals surface area (Å²) in [6, 6.07) is 1.51. The smallest absolute Gasteiger partial charge is 0.305 e. The third-order valence-electron chi connectivity index (χ3n) is 6.69. The Morgan fingerprint density at radius 2 is 1.59 bits per heavy atom. The second kappa shape index (κ2) is 19.8. The van der Waals surface area contributed by atoms with Crippen molar-refractivity contribution in [3.63, 3.8) is 0 Å². The molecule has 4 N–H and O–H groups in total. The van der Waals surface area contributed by atoms with Gasteiger partial charge in [-0.2, -0.15) is 0 Å². The van der Waals surface area contributed by atoms with E-state index in [-0.39, 0.29) is 36.0 Å². The number of esters is 1. The van der Waals surface area contributed by atoms with E-state index in [1.54, 1.807) is 0 Å². The topological polar surface area (TPSA) is 120 Å². The maximum atomic E-state index is 12.2. The van der Waals surface area contributed by atoms with Gasteiger partial charge in [0.05, 0.1) is 0 Å². The van der Waals surface area contributed by atoms with Gasteiger partial charge >= 0.3 is 5.97 Å². The largest absolute Gasteiger partial charge is 0.463 e. The standard InChI is InChI=1S/C27H47N3O5S.ClH/c1-2-3-4-5-6-7-8-9-10-11-12-13-14-15-16-17-23(31)34-20-21-24(32)25(33)26(35-21)30-19-18-22(28)29-27(30)36;/h18-19,21,24-26,32-33H,2-17,20H2,1H3,(H2,28,29,36);1H/t21-,24-,25+,26?;/m1./s1/i16D;/t16?,21-,24-,25+,26?;. The molecule has 0 bridgehead atoms. The van der Waals surface area contributed by atoms with Crippen LogP contribution in [0.3, 0.4) is 0 Å². The Morgan fingerprint density at radius 3 is 2.14 bits per heavy atom. The van der Waals surface area contributed by atoms with Crippen LogP contribution in [0.1, 0.15) is 117 Å². The van der Waals surface area contributed by atoms with E-state index < -0.39 is 36.9 Å². The second-order valence-corrected chi connectivity index (χ2v) is 10.2. The SMILES string of the molecule is Cl.[2H]C(CCCCCCCCCCCCCCC)CC(=O)OC[C@H]1OC(n2ccc(N)nc2=S)[C@@H](O)[C@@H]1O. The fourth-order valence-corrected chi connectivity index (χ4v) is 4.75. The van der Waals surface area contributed by atoms with Crippen molar-refractivity contribution in [1.82, 2.24) is 9.55 Å². The normalized spacial score (nSPS) is 22.3. The molecule has 0 spiro atoms. The Morgan fingerprint density at radius 1 is 1.05 bits per heavy atom. The van der Waals surface area contributed by atoms with E-state index in [1.165, 1.54) is 87.5 Å². The Hall–Kier alpha value is -1.26. The van der Waals surface area contributed by atoms with Gasteiger partial charge in [-0.05, 0) is 24.7 Å². The molecule has 37 heavy (non-hydrogen) atoms. The number of carbonyl (C=O) groups excluding carboxylic acids is 1. The van der Waals surface area contributed by atoms with Gasteiger partial charge in [0.1, 0.15) is 30.7 Å². The highest BCUT2D eigenvalue weighted by atomic mass is 35.5. The molecular formula is C27H48ClN3O5S. The lowest BCUT2D eigenvalue weighted by Crippen LogP contribution is -2.34. The van der Waals surface area contributed by atoms with Crippen molar-refractivity contribution < 1.29 is 25.9 Å². The first-order valence-corrected chi connectivity index (χ1v) is 14.2. The molecule has 1 saturated heterocycles. The van der Waals surface area contributed by atoms with E-state index in [0.29, 0.717) is 6.42 Å². The van der Waals surface area contributed by atoms with E-state index in [9.17, 15) is 15.0 Å². The molecule has 1 aliphatic rings. The lowest BCUT2D eigenvalue weighted by Gasteiger charge is -2.18. The number of anilines is 1. The summed E-state index contributed by atoms with van der Waals surface area (Å²) in [7, 11) is 0. The number of hydrogen-bond donors (Lipinski definition) is 3. The van der Waals surface area contributed by atoms with Crippen molar-refractivity contribution in [2.24, 2.45) is 0 Å². The highest BCUT2D eigenvalue weighted by molar-refractivity contribution is 7.71. The summed E-state index contributed by atoms with van der Waals surface area (Å²) in [6.07, 6.45) is 13.9. The van der Waals surface area contributed by atoms with Gasteiger partial charge in [-0.15, -0.1) is 12.4 Å². The lowest BCUT2D eigenvalue weighted by molar-refractivity contribution is -0.150. The van der Waals surface area contributed by atoms with Crippen LogP contribution in [-0.4, -0.2) is 50.7 Å². The van der Waals surface area contributed by atoms with Crippen LogP contribution in [0.25, 0.3) is 0 Å². The number of nitrogens with two attached hydrogens (primary N) is 1. The molecule has 2 unspecified atom stereocenters. The maximum Gasteiger partial charge on any atom is 0.305 e. The highest BCUT2D eigenvalue weighted by Crippen LogP contribution is 2.30. The summed E-state index contributed by atoms with van der Waals surface area (Å²) in [6.45, 7) is 2.04. The molecule has 10 heteroatoms. The van der Waals surface area contributed by atoms with E-state index in [0.717, 1.165) is 12.8 Å². The van der Waals surface area contributed by atoms with Crippen LogP contribution in [0.5, 0.6) is 0 Å². The van der Waals surface area contributed by atoms with Crippen molar-refractivity contribution >= 4 is 36.4 Å². The minimum Gasteiger partial charge on any atom is -0.463 e. The zero-order valence-electron chi connectivity index (χ0n) is 23.3. The van der Waals surface area contributed by atoms with Crippen LogP contribution in [-0.2, 0) is 14.3 Å². The number of unbranched alkanes of at least 4 members (excludes halogenated alkanes) is 12. The zero-order chi connectivity index (χ0) is 27.0. The first-order chi connectivity index (χ1) is 17.8. The summed E-state index contributed by atoms with van der Waals surface area (Å²) < 4.78 is 20.6. The first kappa shape index (κ1) is 32.0. The molecule has 1 aromatic rings. The molecule has 0 aliphatic carbocycles. The summed E-state index contributed by atoms with van der Waals surface area (Å²) in [5.41, 5.74) is 5.61. The average Bonchev–Trinajstić information content (AvgIpc) is 3.14. The summed E-state index contributed by atoms with van der Waals surface area (Å²) >= 11 is 5.15. The number of nitrogens with zero attached hydrogens (tertiary/aromatic N) is 2. The number of carbonyl (C=O) groups is 1. The Bertz CT molecular complexity index is 849. The number of nitrogen functional groups attached to an aromatic ring is 1. The molecule has 1 aromatic heterocycles. The van der Waals surface area contributed by atoms with Crippen molar-refractivity contribution in [3.05, 3.63) is 17.0 Å². The number of ether oxygens (including phenoxy) is 2. The van der Waals surface area contributed by atoms with Gasteiger partial charge in [0.25, 0.3) is 0 Å². The fourth-order valence-electron chi connectivity index (χ4n) is 4.48. The third kappa shape index (κ3) is 12.9. The molecule has 8 nitrogen and oxygen atoms in total. The summed E-state index contributed by atoms with van der Waals surface area (Å²) in [4.78, 5) is 16.1. The van der Waals surface area contributed by atoms with Crippen molar-refractivity contribution in [1.29, 1.82) is 0 Å². The van der Waals surface area contributed by atoms with Gasteiger partial charge in [-0.3, -0.25) is 9.36 Å². The monoisotopic (exact) mass is 562 g/mol. The molecule has 0 aromatic carbocycles. The van der Waals surface area contributed by atoms with Crippen molar-refractivity contribution in [2.45, 2.75) is 134 Å². The molecule has 0 amide bonds. The van der Waals surface area contributed by atoms with E-state index in [2.05, 4.69) is 11.9 Å². The molecule has 2 heterocycles. The van der Waals surface area contributed by atoms with Crippen LogP contribution in [0, 0.1) is 4.77 Å². The number of aliphatic hydroxyl groups is 2. The fraction of sp³-hybridized carbons (Fsp3) is 0.815. The predicted molar refractivity (Wildman–Crippen MR) is 151 cm³/mol. The average molecular weight is 563 g/mol. The first-order valence-electron chi connectivity index (χ1n) is 14.3. The Labute approximate surface area is 235 Å². The maximum absolute atomic E-state index is 12.2. The van der Waals surface area contributed by atoms with E-state index in [1.807, 2.05) is 0 Å². The molecular weight excluding hydrogens is 514 g/mol. The second-order valence-electron chi connectivity index (χ2n) is 9.80. The van der Waals surface area contributed by atoms with Crippen LogP contribution in [0.4, 0.5) is 5.82 Å². The molecule has 5 atom stereocenters. The van der Waals surface area contributed by atoms with Crippen molar-refractivity contribution in [3.8, 4) is 0 Å². The predicted octanol–water partition coefficient (Wildman–Crippen LogP) is 6.04. The quantitative estimate of drug-likeness (QED) is 0.106. The van der Waals surface area contributed by atoms with Gasteiger partial charge in [0.15, 0.2) is 6.23 Å². The summed E-state index contributed by atoms with van der Waals surface area (Å²) in [5, 5.41) is 20.7. The lowest BCUT2D eigenvalue weighted by atomic mass is 10.0. The highest BCUT2D eigenvalue weighted by Gasteiger charge is 2.44. The van der Waals surface area contributed by atoms with Gasteiger partial charge in [0, 0.05) is 14.0 Å². The number of rotatable bonds is 19. The van der Waals surface area contributed by atoms with Gasteiger partial charge in [-0.1, -0.05) is 96.8 Å². The van der Waals surface area contributed by atoms with Crippen LogP contribution in [0.2, 0.25) is 0 Å². The number of aromatic nitrogens is 2. The Kier molecular flexibility index (Phi) is 17.1. The van der Waals surface area contributed by atoms with Crippen LogP contribution >= 0.6 is 24.6 Å². The van der Waals surface area contributed by atoms with Crippen LogP contribution < -0.4 is 5.73 Å². The molecule has 0 radical (unpaired) electrons. The van der Waals surface area contributed by atoms with E-state index >= 15 is 0 Å². The molecule has 2 rings (SSSR count). The van der Waals surface area contributed by atoms with Gasteiger partial charge in [0.2, 0.25) is 4.77 Å². The van der Waals surface area contributed by atoms with Gasteiger partial charge < -0.3 is 25.4 Å². The Balaban J connectivity index is 0.00000722. The van der Waals surface area contributed by atoms with E-state index in [4.69, 9.17) is 28.8 Å².